The highest BCUT2D eigenvalue weighted by Crippen LogP contribution is 2.26. The van der Waals surface area contributed by atoms with Gasteiger partial charge in [0, 0.05) is 10.0 Å². The van der Waals surface area contributed by atoms with Crippen molar-refractivity contribution in [2.24, 2.45) is 0 Å². The molecule has 1 atom stereocenters. The highest BCUT2D eigenvalue weighted by Gasteiger charge is 2.21. The van der Waals surface area contributed by atoms with Crippen LogP contribution in [0, 0.1) is 5.82 Å². The number of carbonyl (C=O) groups is 1. The van der Waals surface area contributed by atoms with Gasteiger partial charge in [-0.3, -0.25) is 4.79 Å². The molecular formula is C13H12BrFN2O2. The van der Waals surface area contributed by atoms with Crippen molar-refractivity contribution in [3.63, 3.8) is 0 Å². The number of imidazole rings is 1. The van der Waals surface area contributed by atoms with E-state index < -0.39 is 11.9 Å². The van der Waals surface area contributed by atoms with Gasteiger partial charge in [-0.2, -0.15) is 0 Å². The second-order valence-corrected chi connectivity index (χ2v) is 5.02. The average molecular weight is 327 g/mol. The summed E-state index contributed by atoms with van der Waals surface area (Å²) in [5.41, 5.74) is 0.821. The highest BCUT2D eigenvalue weighted by atomic mass is 79.9. The molecule has 0 aliphatic carbocycles. The standard InChI is InChI=1S/C13H12BrFN2O2/c1-2-8(13(18)19)12-16-6-11(17-12)9-5-7(14)3-4-10(9)15/h3-6,8H,2H2,1H3,(H,16,17)(H,18,19). The summed E-state index contributed by atoms with van der Waals surface area (Å²) < 4.78 is 14.5. The second kappa shape index (κ2) is 5.52. The van der Waals surface area contributed by atoms with E-state index in [0.29, 0.717) is 23.5 Å². The van der Waals surface area contributed by atoms with E-state index in [9.17, 15) is 9.18 Å². The van der Waals surface area contributed by atoms with E-state index in [1.165, 1.54) is 12.3 Å². The molecule has 0 fully saturated rings. The summed E-state index contributed by atoms with van der Waals surface area (Å²) in [6.07, 6.45) is 1.87. The van der Waals surface area contributed by atoms with E-state index in [1.807, 2.05) is 0 Å². The van der Waals surface area contributed by atoms with Crippen LogP contribution in [0.1, 0.15) is 25.1 Å². The molecule has 0 radical (unpaired) electrons. The number of benzene rings is 1. The third kappa shape index (κ3) is 2.84. The van der Waals surface area contributed by atoms with Crippen molar-refractivity contribution >= 4 is 21.9 Å². The molecule has 0 spiro atoms. The Morgan fingerprint density at radius 1 is 1.58 bits per heavy atom. The first-order chi connectivity index (χ1) is 9.02. The van der Waals surface area contributed by atoms with Crippen molar-refractivity contribution < 1.29 is 14.3 Å². The summed E-state index contributed by atoms with van der Waals surface area (Å²) in [5, 5.41) is 9.06. The van der Waals surface area contributed by atoms with Gasteiger partial charge in [-0.25, -0.2) is 9.37 Å². The summed E-state index contributed by atoms with van der Waals surface area (Å²) in [7, 11) is 0. The molecule has 2 aromatic rings. The van der Waals surface area contributed by atoms with Crippen molar-refractivity contribution in [2.45, 2.75) is 19.3 Å². The lowest BCUT2D eigenvalue weighted by atomic mass is 10.1. The van der Waals surface area contributed by atoms with Gasteiger partial charge in [0.1, 0.15) is 17.6 Å². The number of rotatable bonds is 4. The quantitative estimate of drug-likeness (QED) is 0.902. The van der Waals surface area contributed by atoms with Crippen LogP contribution < -0.4 is 0 Å². The zero-order chi connectivity index (χ0) is 14.0. The van der Waals surface area contributed by atoms with Crippen LogP contribution in [0.3, 0.4) is 0 Å². The topological polar surface area (TPSA) is 66.0 Å². The summed E-state index contributed by atoms with van der Waals surface area (Å²) in [6.45, 7) is 1.76. The number of carboxylic acids is 1. The number of aliphatic carboxylic acids is 1. The predicted octanol–water partition coefficient (Wildman–Crippen LogP) is 3.56. The molecule has 0 saturated carbocycles. The first-order valence-corrected chi connectivity index (χ1v) is 6.55. The number of hydrogen-bond acceptors (Lipinski definition) is 2. The minimum Gasteiger partial charge on any atom is -0.481 e. The lowest BCUT2D eigenvalue weighted by Gasteiger charge is -2.05. The van der Waals surface area contributed by atoms with Gasteiger partial charge in [0.05, 0.1) is 11.9 Å². The molecule has 2 rings (SSSR count). The molecule has 0 aliphatic rings. The molecule has 6 heteroatoms. The average Bonchev–Trinajstić information content (AvgIpc) is 2.82. The largest absolute Gasteiger partial charge is 0.481 e. The Hall–Kier alpha value is -1.69. The molecule has 100 valence electrons. The third-order valence-corrected chi connectivity index (χ3v) is 3.34. The number of aromatic amines is 1. The molecule has 1 aromatic carbocycles. The van der Waals surface area contributed by atoms with Crippen LogP contribution in [0.4, 0.5) is 4.39 Å². The van der Waals surface area contributed by atoms with E-state index in [-0.39, 0.29) is 5.82 Å². The van der Waals surface area contributed by atoms with E-state index in [0.717, 1.165) is 4.47 Å². The van der Waals surface area contributed by atoms with Crippen molar-refractivity contribution in [3.8, 4) is 11.3 Å². The fourth-order valence-electron chi connectivity index (χ4n) is 1.84. The van der Waals surface area contributed by atoms with Gasteiger partial charge in [-0.1, -0.05) is 22.9 Å². The predicted molar refractivity (Wildman–Crippen MR) is 72.3 cm³/mol. The maximum absolute atomic E-state index is 13.7. The molecule has 0 aliphatic heterocycles. The zero-order valence-electron chi connectivity index (χ0n) is 10.2. The number of hydrogen-bond donors (Lipinski definition) is 2. The molecule has 1 unspecified atom stereocenters. The summed E-state index contributed by atoms with van der Waals surface area (Å²) in [4.78, 5) is 18.0. The Bertz CT molecular complexity index is 612. The smallest absolute Gasteiger partial charge is 0.314 e. The number of carboxylic acid groups (broad SMARTS) is 1. The fraction of sp³-hybridized carbons (Fsp3) is 0.231. The van der Waals surface area contributed by atoms with Gasteiger partial charge < -0.3 is 10.1 Å². The summed E-state index contributed by atoms with van der Waals surface area (Å²) >= 11 is 3.27. The van der Waals surface area contributed by atoms with Crippen LogP contribution in [0.5, 0.6) is 0 Å². The lowest BCUT2D eigenvalue weighted by Crippen LogP contribution is -2.11. The minimum absolute atomic E-state index is 0.337. The third-order valence-electron chi connectivity index (χ3n) is 2.85. The van der Waals surface area contributed by atoms with Gasteiger partial charge in [0.2, 0.25) is 0 Å². The van der Waals surface area contributed by atoms with Crippen LogP contribution in [0.25, 0.3) is 11.3 Å². The van der Waals surface area contributed by atoms with Gasteiger partial charge >= 0.3 is 5.97 Å². The first-order valence-electron chi connectivity index (χ1n) is 5.76. The molecule has 1 heterocycles. The van der Waals surface area contributed by atoms with E-state index in [1.54, 1.807) is 19.1 Å². The molecule has 4 nitrogen and oxygen atoms in total. The number of aromatic nitrogens is 2. The Morgan fingerprint density at radius 3 is 2.95 bits per heavy atom. The van der Waals surface area contributed by atoms with Gasteiger partial charge in [0.15, 0.2) is 0 Å². The molecule has 2 N–H and O–H groups in total. The summed E-state index contributed by atoms with van der Waals surface area (Å²) in [5.74, 6) is -1.70. The second-order valence-electron chi connectivity index (χ2n) is 4.11. The molecule has 19 heavy (non-hydrogen) atoms. The fourth-order valence-corrected chi connectivity index (χ4v) is 2.20. The van der Waals surface area contributed by atoms with Gasteiger partial charge in [0.25, 0.3) is 0 Å². The van der Waals surface area contributed by atoms with E-state index in [2.05, 4.69) is 25.9 Å². The number of nitrogens with zero attached hydrogens (tertiary/aromatic N) is 1. The van der Waals surface area contributed by atoms with Crippen molar-refractivity contribution in [2.75, 3.05) is 0 Å². The number of nitrogens with one attached hydrogen (secondary N) is 1. The van der Waals surface area contributed by atoms with Crippen LogP contribution in [-0.4, -0.2) is 21.0 Å². The lowest BCUT2D eigenvalue weighted by molar-refractivity contribution is -0.139. The van der Waals surface area contributed by atoms with E-state index >= 15 is 0 Å². The Labute approximate surface area is 117 Å². The maximum atomic E-state index is 13.7. The first kappa shape index (κ1) is 13.7. The number of H-pyrrole nitrogens is 1. The Balaban J connectivity index is 2.40. The molecule has 0 amide bonds. The SMILES string of the molecule is CCC(C(=O)O)c1ncc(-c2cc(Br)ccc2F)[nH]1. The Kier molecular flexibility index (Phi) is 3.99. The monoisotopic (exact) mass is 326 g/mol. The van der Waals surface area contributed by atoms with Gasteiger partial charge in [-0.15, -0.1) is 0 Å². The van der Waals surface area contributed by atoms with Crippen molar-refractivity contribution in [1.29, 1.82) is 0 Å². The molecule has 0 saturated heterocycles. The summed E-state index contributed by atoms with van der Waals surface area (Å²) in [6, 6.07) is 4.56. The highest BCUT2D eigenvalue weighted by molar-refractivity contribution is 9.10. The van der Waals surface area contributed by atoms with Gasteiger partial charge in [-0.05, 0) is 24.6 Å². The van der Waals surface area contributed by atoms with Crippen molar-refractivity contribution in [3.05, 3.63) is 40.5 Å². The Morgan fingerprint density at radius 2 is 2.32 bits per heavy atom. The minimum atomic E-state index is -0.946. The molecule has 0 bridgehead atoms. The van der Waals surface area contributed by atoms with Crippen LogP contribution in [0.2, 0.25) is 0 Å². The normalized spacial score (nSPS) is 12.4. The van der Waals surface area contributed by atoms with Crippen molar-refractivity contribution in [1.82, 2.24) is 9.97 Å². The molecule has 1 aromatic heterocycles. The number of halogens is 2. The zero-order valence-corrected chi connectivity index (χ0v) is 11.7. The van der Waals surface area contributed by atoms with E-state index in [4.69, 9.17) is 5.11 Å². The van der Waals surface area contributed by atoms with Crippen LogP contribution in [-0.2, 0) is 4.79 Å². The maximum Gasteiger partial charge on any atom is 0.314 e. The van der Waals surface area contributed by atoms with Crippen LogP contribution >= 0.6 is 15.9 Å². The molecular weight excluding hydrogens is 315 g/mol. The van der Waals surface area contributed by atoms with Crippen LogP contribution in [0.15, 0.2) is 28.9 Å².